The number of benzene rings is 2. The molecule has 2 heterocycles. The molecule has 0 saturated heterocycles. The molecule has 45 heavy (non-hydrogen) atoms. The van der Waals surface area contributed by atoms with Gasteiger partial charge in [0.25, 0.3) is 0 Å². The lowest BCUT2D eigenvalue weighted by atomic mass is 10.1. The van der Waals surface area contributed by atoms with Gasteiger partial charge in [-0.1, -0.05) is 52.2 Å². The Bertz CT molecular complexity index is 1510. The summed E-state index contributed by atoms with van der Waals surface area (Å²) in [5, 5.41) is 2.04. The van der Waals surface area contributed by atoms with Gasteiger partial charge in [0.2, 0.25) is 5.75 Å². The Morgan fingerprint density at radius 3 is 1.73 bits per heavy atom. The van der Waals surface area contributed by atoms with Crippen molar-refractivity contribution < 1.29 is 23.7 Å². The average Bonchev–Trinajstić information content (AvgIpc) is 3.06. The smallest absolute Gasteiger partial charge is 0.205 e. The molecule has 8 nitrogen and oxygen atoms in total. The van der Waals surface area contributed by atoms with Crippen molar-refractivity contribution in [1.29, 1.82) is 0 Å². The fourth-order valence-electron chi connectivity index (χ4n) is 5.56. The fraction of sp³-hybridized carbons (Fsp3) is 0.514. The van der Waals surface area contributed by atoms with Gasteiger partial charge in [0.15, 0.2) is 17.2 Å². The van der Waals surface area contributed by atoms with Crippen molar-refractivity contribution in [2.75, 3.05) is 48.6 Å². The second-order valence-electron chi connectivity index (χ2n) is 11.2. The molecule has 0 bridgehead atoms. The summed E-state index contributed by atoms with van der Waals surface area (Å²) in [7, 11) is 8.24. The monoisotopic (exact) mass is 619 g/mol. The van der Waals surface area contributed by atoms with Crippen molar-refractivity contribution >= 4 is 21.8 Å². The topological polar surface area (TPSA) is 75.2 Å². The average molecular weight is 620 g/mol. The number of fused-ring (bicyclic) bond motifs is 2. The molecule has 0 saturated carbocycles. The molecule has 0 radical (unpaired) electrons. The third kappa shape index (κ3) is 9.13. The molecular formula is C37H53N3O5. The zero-order valence-electron chi connectivity index (χ0n) is 28.9. The summed E-state index contributed by atoms with van der Waals surface area (Å²) >= 11 is 0. The Hall–Kier alpha value is -3.78. The van der Waals surface area contributed by atoms with Crippen LogP contribution in [0, 0.1) is 6.92 Å². The number of unbranched alkanes of at least 4 members (excludes halogenated alkanes) is 3. The van der Waals surface area contributed by atoms with E-state index in [4.69, 9.17) is 33.7 Å². The quantitative estimate of drug-likeness (QED) is 0.116. The molecule has 0 aliphatic rings. The third-order valence-corrected chi connectivity index (χ3v) is 7.95. The lowest BCUT2D eigenvalue weighted by Gasteiger charge is -2.21. The van der Waals surface area contributed by atoms with Crippen LogP contribution in [0.5, 0.6) is 28.7 Å². The van der Waals surface area contributed by atoms with Crippen LogP contribution in [0.1, 0.15) is 76.2 Å². The second-order valence-corrected chi connectivity index (χ2v) is 11.2. The van der Waals surface area contributed by atoms with Gasteiger partial charge in [-0.3, -0.25) is 4.90 Å². The van der Waals surface area contributed by atoms with E-state index < -0.39 is 0 Å². The Kier molecular flexibility index (Phi) is 14.5. The highest BCUT2D eigenvalue weighted by Crippen LogP contribution is 2.42. The van der Waals surface area contributed by atoms with Crippen LogP contribution < -0.4 is 23.7 Å². The molecule has 0 fully saturated rings. The van der Waals surface area contributed by atoms with Crippen molar-refractivity contribution in [3.05, 3.63) is 53.3 Å². The molecule has 4 rings (SSSR count). The van der Waals surface area contributed by atoms with E-state index in [2.05, 4.69) is 49.9 Å². The van der Waals surface area contributed by atoms with E-state index in [1.807, 2.05) is 19.1 Å². The summed E-state index contributed by atoms with van der Waals surface area (Å²) in [4.78, 5) is 12.1. The van der Waals surface area contributed by atoms with E-state index in [1.165, 1.54) is 25.7 Å². The number of ether oxygens (including phenoxy) is 5. The van der Waals surface area contributed by atoms with Gasteiger partial charge in [0.1, 0.15) is 16.8 Å². The van der Waals surface area contributed by atoms with E-state index in [-0.39, 0.29) is 0 Å². The molecule has 0 N–H and O–H groups in total. The summed E-state index contributed by atoms with van der Waals surface area (Å²) in [6.07, 6.45) is 8.19. The number of pyridine rings is 2. The maximum atomic E-state index is 5.62. The van der Waals surface area contributed by atoms with Crippen LogP contribution in [0.2, 0.25) is 0 Å². The molecule has 0 unspecified atom stereocenters. The highest BCUT2D eigenvalue weighted by Gasteiger charge is 2.17. The van der Waals surface area contributed by atoms with Crippen molar-refractivity contribution in [1.82, 2.24) is 14.9 Å². The lowest BCUT2D eigenvalue weighted by molar-refractivity contribution is 0.259. The van der Waals surface area contributed by atoms with Crippen LogP contribution in [-0.2, 0) is 13.0 Å². The van der Waals surface area contributed by atoms with Crippen molar-refractivity contribution in [2.45, 2.75) is 79.2 Å². The zero-order valence-corrected chi connectivity index (χ0v) is 28.9. The largest absolute Gasteiger partial charge is 0.496 e. The van der Waals surface area contributed by atoms with Crippen molar-refractivity contribution in [2.24, 2.45) is 0 Å². The summed E-state index contributed by atoms with van der Waals surface area (Å²) in [5.41, 5.74) is 4.91. The number of nitrogens with zero attached hydrogens (tertiary/aromatic N) is 3. The van der Waals surface area contributed by atoms with Gasteiger partial charge in [-0.15, -0.1) is 0 Å². The summed E-state index contributed by atoms with van der Waals surface area (Å²) < 4.78 is 27.4. The van der Waals surface area contributed by atoms with E-state index in [0.29, 0.717) is 17.2 Å². The van der Waals surface area contributed by atoms with Crippen LogP contribution in [-0.4, -0.2) is 63.5 Å². The number of hydrogen-bond acceptors (Lipinski definition) is 8. The van der Waals surface area contributed by atoms with E-state index in [9.17, 15) is 0 Å². The van der Waals surface area contributed by atoms with Crippen molar-refractivity contribution in [3.63, 3.8) is 0 Å². The van der Waals surface area contributed by atoms with Gasteiger partial charge in [-0.25, -0.2) is 9.97 Å². The number of aryl methyl sites for hydroxylation is 1. The van der Waals surface area contributed by atoms with Gasteiger partial charge in [-0.2, -0.15) is 0 Å². The van der Waals surface area contributed by atoms with Crippen LogP contribution >= 0.6 is 0 Å². The normalized spacial score (nSPS) is 11.0. The Morgan fingerprint density at radius 2 is 1.16 bits per heavy atom. The number of hydrogen-bond donors (Lipinski definition) is 0. The van der Waals surface area contributed by atoms with Gasteiger partial charge in [0, 0.05) is 28.6 Å². The van der Waals surface area contributed by atoms with Crippen LogP contribution in [0.4, 0.5) is 0 Å². The summed E-state index contributed by atoms with van der Waals surface area (Å²) in [5.74, 6) is 3.52. The predicted octanol–water partition coefficient (Wildman–Crippen LogP) is 8.57. The molecule has 0 atom stereocenters. The van der Waals surface area contributed by atoms with Crippen LogP contribution in [0.25, 0.3) is 21.8 Å². The number of methoxy groups -OCH3 is 5. The molecule has 0 aliphatic heterocycles. The first-order chi connectivity index (χ1) is 21.9. The zero-order chi connectivity index (χ0) is 32.8. The van der Waals surface area contributed by atoms with Crippen LogP contribution in [0.15, 0.2) is 36.4 Å². The van der Waals surface area contributed by atoms with Gasteiger partial charge < -0.3 is 23.7 Å². The second kappa shape index (κ2) is 18.3. The predicted molar refractivity (Wildman–Crippen MR) is 185 cm³/mol. The minimum atomic E-state index is 0.589. The van der Waals surface area contributed by atoms with E-state index >= 15 is 0 Å². The number of aromatic nitrogens is 2. The van der Waals surface area contributed by atoms with Gasteiger partial charge in [0.05, 0.1) is 41.2 Å². The first-order valence-electron chi connectivity index (χ1n) is 16.2. The maximum Gasteiger partial charge on any atom is 0.205 e. The lowest BCUT2D eigenvalue weighted by Crippen LogP contribution is -2.25. The van der Waals surface area contributed by atoms with Gasteiger partial charge in [-0.05, 0) is 70.0 Å². The summed E-state index contributed by atoms with van der Waals surface area (Å²) in [6.45, 7) is 11.8. The molecule has 4 aromatic rings. The Balaban J connectivity index is 0.000000248. The SMILES string of the molecule is CCCCCc1ccc2cc(OC)c(OC)c(OC)c2n1.CCCCN(CCC)Cc1ccc2cc(OC)c(C)c(OC)c2n1. The molecule has 0 aliphatic carbocycles. The number of rotatable bonds is 16. The standard InChI is InChI=1S/C20H30N2O2.C17H23NO3/c1-6-8-12-22(11-7-2)14-17-10-9-16-13-18(23-4)15(3)20(24-5)19(16)21-17;1-5-6-7-8-13-10-9-12-11-14(19-2)16(20-3)17(21-4)15(12)18-13/h9-10,13H,6-8,11-12,14H2,1-5H3;9-11H,5-8H2,1-4H3. The molecule has 0 spiro atoms. The Morgan fingerprint density at radius 1 is 0.578 bits per heavy atom. The minimum Gasteiger partial charge on any atom is -0.496 e. The molecule has 0 amide bonds. The van der Waals surface area contributed by atoms with E-state index in [1.54, 1.807) is 35.5 Å². The van der Waals surface area contributed by atoms with Crippen molar-refractivity contribution in [3.8, 4) is 28.7 Å². The first-order valence-corrected chi connectivity index (χ1v) is 16.2. The van der Waals surface area contributed by atoms with Crippen LogP contribution in [0.3, 0.4) is 0 Å². The molecule has 246 valence electrons. The molecule has 2 aromatic carbocycles. The fourth-order valence-corrected chi connectivity index (χ4v) is 5.56. The third-order valence-electron chi connectivity index (χ3n) is 7.95. The first kappa shape index (κ1) is 35.7. The molecular weight excluding hydrogens is 566 g/mol. The van der Waals surface area contributed by atoms with E-state index in [0.717, 1.165) is 89.2 Å². The minimum absolute atomic E-state index is 0.589. The molecule has 2 aromatic heterocycles. The molecule has 8 heteroatoms. The summed E-state index contributed by atoms with van der Waals surface area (Å²) in [6, 6.07) is 12.3. The highest BCUT2D eigenvalue weighted by molar-refractivity contribution is 5.90. The van der Waals surface area contributed by atoms with Gasteiger partial charge >= 0.3 is 0 Å². The maximum absolute atomic E-state index is 5.62. The highest BCUT2D eigenvalue weighted by atomic mass is 16.5. The Labute approximate surface area is 270 Å².